The lowest BCUT2D eigenvalue weighted by molar-refractivity contribution is -0.133. The van der Waals surface area contributed by atoms with Crippen LogP contribution >= 0.6 is 0 Å². The molecule has 1 aliphatic heterocycles. The molecule has 0 aromatic carbocycles. The lowest BCUT2D eigenvalue weighted by atomic mass is 10.0. The van der Waals surface area contributed by atoms with Crippen LogP contribution in [-0.4, -0.2) is 87.1 Å². The number of nitrogens with zero attached hydrogens (tertiary/aromatic N) is 3. The van der Waals surface area contributed by atoms with E-state index in [1.54, 1.807) is 0 Å². The zero-order valence-electron chi connectivity index (χ0n) is 14.6. The first-order chi connectivity index (χ1) is 9.95. The Labute approximate surface area is 130 Å². The van der Waals surface area contributed by atoms with Crippen molar-refractivity contribution in [3.63, 3.8) is 0 Å². The van der Waals surface area contributed by atoms with Crippen LogP contribution in [0.5, 0.6) is 0 Å². The first kappa shape index (κ1) is 18.4. The van der Waals surface area contributed by atoms with Crippen LogP contribution in [0.25, 0.3) is 0 Å². The molecule has 0 bridgehead atoms. The highest BCUT2D eigenvalue weighted by atomic mass is 16.2. The number of nitrogens with one attached hydrogen (secondary N) is 1. The van der Waals surface area contributed by atoms with Crippen molar-refractivity contribution < 1.29 is 4.79 Å². The summed E-state index contributed by atoms with van der Waals surface area (Å²) in [4.78, 5) is 18.9. The summed E-state index contributed by atoms with van der Waals surface area (Å²) in [6, 6.07) is 0.670. The second-order valence-electron chi connectivity index (χ2n) is 6.48. The van der Waals surface area contributed by atoms with E-state index in [0.717, 1.165) is 26.2 Å². The van der Waals surface area contributed by atoms with Gasteiger partial charge in [-0.2, -0.15) is 0 Å². The second kappa shape index (κ2) is 9.38. The fraction of sp³-hybridized carbons (Fsp3) is 0.938. The normalized spacial score (nSPS) is 19.0. The molecule has 21 heavy (non-hydrogen) atoms. The predicted octanol–water partition coefficient (Wildman–Crippen LogP) is 0.716. The van der Waals surface area contributed by atoms with Crippen molar-refractivity contribution in [1.29, 1.82) is 0 Å². The highest BCUT2D eigenvalue weighted by molar-refractivity contribution is 5.78. The van der Waals surface area contributed by atoms with E-state index in [1.165, 1.54) is 25.9 Å². The van der Waals surface area contributed by atoms with Gasteiger partial charge >= 0.3 is 0 Å². The molecule has 5 heteroatoms. The van der Waals surface area contributed by atoms with Gasteiger partial charge in [-0.1, -0.05) is 13.8 Å². The minimum atomic E-state index is 0.0589. The molecule has 0 aromatic rings. The summed E-state index contributed by atoms with van der Waals surface area (Å²) in [5, 5.41) is 3.24. The molecular weight excluding hydrogens is 264 g/mol. The summed E-state index contributed by atoms with van der Waals surface area (Å²) in [6.07, 6.45) is 2.48. The number of likely N-dealkylation sites (tertiary alicyclic amines) is 1. The van der Waals surface area contributed by atoms with Gasteiger partial charge in [0.15, 0.2) is 0 Å². The van der Waals surface area contributed by atoms with Crippen LogP contribution in [0.15, 0.2) is 0 Å². The topological polar surface area (TPSA) is 38.8 Å². The third-order valence-electron chi connectivity index (χ3n) is 4.60. The van der Waals surface area contributed by atoms with Crippen molar-refractivity contribution in [1.82, 2.24) is 20.0 Å². The van der Waals surface area contributed by atoms with E-state index in [-0.39, 0.29) is 11.8 Å². The molecule has 1 saturated heterocycles. The van der Waals surface area contributed by atoms with Gasteiger partial charge in [-0.05, 0) is 46.6 Å². The Morgan fingerprint density at radius 3 is 2.48 bits per heavy atom. The van der Waals surface area contributed by atoms with Crippen LogP contribution in [0.4, 0.5) is 0 Å². The first-order valence-electron chi connectivity index (χ1n) is 8.30. The van der Waals surface area contributed by atoms with Gasteiger partial charge in [0, 0.05) is 38.6 Å². The quantitative estimate of drug-likeness (QED) is 0.716. The van der Waals surface area contributed by atoms with Crippen LogP contribution in [-0.2, 0) is 4.79 Å². The zero-order valence-corrected chi connectivity index (χ0v) is 14.6. The lowest BCUT2D eigenvalue weighted by Gasteiger charge is -2.36. The second-order valence-corrected chi connectivity index (χ2v) is 6.48. The van der Waals surface area contributed by atoms with Gasteiger partial charge in [0.05, 0.1) is 0 Å². The minimum Gasteiger partial charge on any atom is -0.344 e. The average molecular weight is 298 g/mol. The number of hydrogen-bond acceptors (Lipinski definition) is 4. The smallest absolute Gasteiger partial charge is 0.226 e. The molecule has 0 spiro atoms. The van der Waals surface area contributed by atoms with E-state index in [0.29, 0.717) is 6.04 Å². The van der Waals surface area contributed by atoms with Crippen molar-refractivity contribution in [3.8, 4) is 0 Å². The minimum absolute atomic E-state index is 0.0589. The summed E-state index contributed by atoms with van der Waals surface area (Å²) < 4.78 is 0. The number of rotatable bonds is 8. The molecule has 1 aliphatic rings. The fourth-order valence-corrected chi connectivity index (χ4v) is 2.86. The van der Waals surface area contributed by atoms with Gasteiger partial charge in [0.25, 0.3) is 0 Å². The molecule has 0 aliphatic carbocycles. The van der Waals surface area contributed by atoms with Gasteiger partial charge in [0.2, 0.25) is 5.91 Å². The predicted molar refractivity (Wildman–Crippen MR) is 88.5 cm³/mol. The Kier molecular flexibility index (Phi) is 8.22. The van der Waals surface area contributed by atoms with E-state index in [9.17, 15) is 4.79 Å². The monoisotopic (exact) mass is 298 g/mol. The van der Waals surface area contributed by atoms with Crippen molar-refractivity contribution in [3.05, 3.63) is 0 Å². The molecule has 1 amide bonds. The summed E-state index contributed by atoms with van der Waals surface area (Å²) in [7, 11) is 6.30. The van der Waals surface area contributed by atoms with Gasteiger partial charge in [-0.25, -0.2) is 0 Å². The van der Waals surface area contributed by atoms with Gasteiger partial charge in [-0.3, -0.25) is 4.79 Å². The van der Waals surface area contributed by atoms with E-state index in [2.05, 4.69) is 36.1 Å². The molecule has 1 rings (SSSR count). The third kappa shape index (κ3) is 6.32. The van der Waals surface area contributed by atoms with Crippen LogP contribution in [0.1, 0.15) is 26.7 Å². The van der Waals surface area contributed by atoms with Gasteiger partial charge in [-0.15, -0.1) is 0 Å². The van der Waals surface area contributed by atoms with Crippen molar-refractivity contribution >= 4 is 5.91 Å². The van der Waals surface area contributed by atoms with Crippen LogP contribution < -0.4 is 5.32 Å². The molecule has 1 N–H and O–H groups in total. The molecule has 1 atom stereocenters. The molecule has 0 aromatic heterocycles. The molecule has 1 heterocycles. The third-order valence-corrected chi connectivity index (χ3v) is 4.60. The first-order valence-corrected chi connectivity index (χ1v) is 8.30. The number of carbonyl (C=O) groups is 1. The van der Waals surface area contributed by atoms with Crippen molar-refractivity contribution in [2.24, 2.45) is 5.92 Å². The van der Waals surface area contributed by atoms with E-state index in [4.69, 9.17) is 0 Å². The van der Waals surface area contributed by atoms with Crippen LogP contribution in [0.3, 0.4) is 0 Å². The fourth-order valence-electron chi connectivity index (χ4n) is 2.86. The molecule has 5 nitrogen and oxygen atoms in total. The number of likely N-dealkylation sites (N-methyl/N-ethyl adjacent to an activating group) is 2. The summed E-state index contributed by atoms with van der Waals surface area (Å²) >= 11 is 0. The maximum Gasteiger partial charge on any atom is 0.226 e. The van der Waals surface area contributed by atoms with Gasteiger partial charge < -0.3 is 20.0 Å². The Bertz CT molecular complexity index is 303. The molecule has 0 saturated carbocycles. The number of piperidine rings is 1. The molecule has 1 unspecified atom stereocenters. The van der Waals surface area contributed by atoms with E-state index < -0.39 is 0 Å². The SMILES string of the molecule is CCNCC(C)C(=O)N(C)CCN(C)C1CCN(C)CC1. The number of amides is 1. The summed E-state index contributed by atoms with van der Waals surface area (Å²) in [5.41, 5.74) is 0. The van der Waals surface area contributed by atoms with E-state index >= 15 is 0 Å². The summed E-state index contributed by atoms with van der Waals surface area (Å²) in [5.74, 6) is 0.302. The Morgan fingerprint density at radius 2 is 1.90 bits per heavy atom. The number of carbonyl (C=O) groups excluding carboxylic acids is 1. The zero-order chi connectivity index (χ0) is 15.8. The maximum absolute atomic E-state index is 12.2. The largest absolute Gasteiger partial charge is 0.344 e. The highest BCUT2D eigenvalue weighted by Crippen LogP contribution is 2.13. The maximum atomic E-state index is 12.2. The number of hydrogen-bond donors (Lipinski definition) is 1. The average Bonchev–Trinajstić information content (AvgIpc) is 2.49. The molecule has 0 radical (unpaired) electrons. The van der Waals surface area contributed by atoms with Crippen LogP contribution in [0, 0.1) is 5.92 Å². The van der Waals surface area contributed by atoms with E-state index in [1.807, 2.05) is 18.9 Å². The standard InChI is InChI=1S/C16H34N4O/c1-6-17-13-14(2)16(21)20(5)12-11-19(4)15-7-9-18(3)10-8-15/h14-15,17H,6-13H2,1-5H3. The molecule has 1 fully saturated rings. The Hall–Kier alpha value is -0.650. The Morgan fingerprint density at radius 1 is 1.29 bits per heavy atom. The van der Waals surface area contributed by atoms with Crippen molar-refractivity contribution in [2.45, 2.75) is 32.7 Å². The Balaban J connectivity index is 2.28. The van der Waals surface area contributed by atoms with Crippen molar-refractivity contribution in [2.75, 3.05) is 60.4 Å². The van der Waals surface area contributed by atoms with Gasteiger partial charge in [0.1, 0.15) is 0 Å². The molecule has 124 valence electrons. The summed E-state index contributed by atoms with van der Waals surface area (Å²) in [6.45, 7) is 9.90. The van der Waals surface area contributed by atoms with Crippen LogP contribution in [0.2, 0.25) is 0 Å². The lowest BCUT2D eigenvalue weighted by Crippen LogP contribution is -2.45. The molecular formula is C16H34N4O. The highest BCUT2D eigenvalue weighted by Gasteiger charge is 2.22.